The molecule has 1 heterocycles. The van der Waals surface area contributed by atoms with Crippen LogP contribution in [0.25, 0.3) is 0 Å². The molecule has 0 aliphatic rings. The van der Waals surface area contributed by atoms with E-state index in [0.717, 1.165) is 0 Å². The predicted molar refractivity (Wildman–Crippen MR) is 82.8 cm³/mol. The molecular formula is C13H19BrClN3O2. The largest absolute Gasteiger partial charge is 0.458 e. The van der Waals surface area contributed by atoms with Gasteiger partial charge in [-0.05, 0) is 42.6 Å². The van der Waals surface area contributed by atoms with Crippen LogP contribution in [0.15, 0.2) is 10.7 Å². The Labute approximate surface area is 132 Å². The van der Waals surface area contributed by atoms with Gasteiger partial charge in [-0.15, -0.1) is 0 Å². The van der Waals surface area contributed by atoms with E-state index in [2.05, 4.69) is 31.2 Å². The second-order valence-corrected chi connectivity index (χ2v) is 6.94. The van der Waals surface area contributed by atoms with Crippen LogP contribution in [0.5, 0.6) is 0 Å². The van der Waals surface area contributed by atoms with E-state index < -0.39 is 11.6 Å². The van der Waals surface area contributed by atoms with Crippen LogP contribution >= 0.6 is 27.5 Å². The van der Waals surface area contributed by atoms with Crippen molar-refractivity contribution in [1.82, 2.24) is 9.97 Å². The second kappa shape index (κ2) is 6.72. The molecule has 0 spiro atoms. The normalized spacial score (nSPS) is 13.2. The summed E-state index contributed by atoms with van der Waals surface area (Å²) in [6, 6.07) is -0.536. The SMILES string of the molecule is CC(C)C(Nc1ncc(Br)c(Cl)n1)C(=O)OC(C)(C)C. The van der Waals surface area contributed by atoms with Crippen LogP contribution in [0.4, 0.5) is 5.95 Å². The number of halogens is 2. The van der Waals surface area contributed by atoms with Crippen molar-refractivity contribution >= 4 is 39.4 Å². The van der Waals surface area contributed by atoms with Gasteiger partial charge in [0.2, 0.25) is 5.95 Å². The number of hydrogen-bond donors (Lipinski definition) is 1. The molecule has 0 radical (unpaired) electrons. The van der Waals surface area contributed by atoms with Gasteiger partial charge in [-0.3, -0.25) is 0 Å². The van der Waals surface area contributed by atoms with E-state index in [1.807, 2.05) is 34.6 Å². The number of rotatable bonds is 4. The average Bonchev–Trinajstić information content (AvgIpc) is 2.27. The van der Waals surface area contributed by atoms with Crippen molar-refractivity contribution in [2.24, 2.45) is 5.92 Å². The molecule has 0 aliphatic heterocycles. The molecule has 5 nitrogen and oxygen atoms in total. The molecule has 0 saturated heterocycles. The molecule has 1 unspecified atom stereocenters. The highest BCUT2D eigenvalue weighted by Gasteiger charge is 2.28. The van der Waals surface area contributed by atoms with Crippen molar-refractivity contribution in [3.63, 3.8) is 0 Å². The molecular weight excluding hydrogens is 346 g/mol. The molecule has 1 atom stereocenters. The van der Waals surface area contributed by atoms with E-state index in [9.17, 15) is 4.79 Å². The molecule has 112 valence electrons. The van der Waals surface area contributed by atoms with Crippen LogP contribution in [0.1, 0.15) is 34.6 Å². The van der Waals surface area contributed by atoms with Gasteiger partial charge in [-0.2, -0.15) is 4.98 Å². The Bertz CT molecular complexity index is 489. The van der Waals surface area contributed by atoms with Crippen LogP contribution in [-0.2, 0) is 9.53 Å². The number of hydrogen-bond acceptors (Lipinski definition) is 5. The number of nitrogens with one attached hydrogen (secondary N) is 1. The fourth-order valence-corrected chi connectivity index (χ4v) is 1.74. The zero-order valence-electron chi connectivity index (χ0n) is 12.2. The zero-order chi connectivity index (χ0) is 15.5. The highest BCUT2D eigenvalue weighted by atomic mass is 79.9. The molecule has 1 N–H and O–H groups in total. The summed E-state index contributed by atoms with van der Waals surface area (Å²) in [5.41, 5.74) is -0.538. The Morgan fingerprint density at radius 1 is 1.45 bits per heavy atom. The van der Waals surface area contributed by atoms with E-state index in [0.29, 0.717) is 10.4 Å². The molecule has 20 heavy (non-hydrogen) atoms. The summed E-state index contributed by atoms with van der Waals surface area (Å²) in [5, 5.41) is 3.25. The number of aromatic nitrogens is 2. The number of anilines is 1. The monoisotopic (exact) mass is 363 g/mol. The molecule has 0 bridgehead atoms. The Morgan fingerprint density at radius 3 is 2.50 bits per heavy atom. The third-order valence-corrected chi connectivity index (χ3v) is 3.41. The Morgan fingerprint density at radius 2 is 2.05 bits per heavy atom. The summed E-state index contributed by atoms with van der Waals surface area (Å²) in [7, 11) is 0. The van der Waals surface area contributed by atoms with Gasteiger partial charge in [-0.25, -0.2) is 9.78 Å². The maximum absolute atomic E-state index is 12.2. The molecule has 0 fully saturated rings. The van der Waals surface area contributed by atoms with Gasteiger partial charge in [0.25, 0.3) is 0 Å². The van der Waals surface area contributed by atoms with E-state index in [1.165, 1.54) is 6.20 Å². The van der Waals surface area contributed by atoms with Crippen LogP contribution in [0, 0.1) is 5.92 Å². The van der Waals surface area contributed by atoms with E-state index in [-0.39, 0.29) is 17.0 Å². The van der Waals surface area contributed by atoms with Gasteiger partial charge < -0.3 is 10.1 Å². The minimum absolute atomic E-state index is 0.0240. The lowest BCUT2D eigenvalue weighted by Gasteiger charge is -2.26. The first kappa shape index (κ1) is 17.2. The molecule has 1 aromatic rings. The molecule has 7 heteroatoms. The summed E-state index contributed by atoms with van der Waals surface area (Å²) in [4.78, 5) is 20.3. The van der Waals surface area contributed by atoms with E-state index in [1.54, 1.807) is 0 Å². The minimum Gasteiger partial charge on any atom is -0.458 e. The minimum atomic E-state index is -0.538. The van der Waals surface area contributed by atoms with Crippen molar-refractivity contribution in [2.45, 2.75) is 46.3 Å². The summed E-state index contributed by atoms with van der Waals surface area (Å²) in [6.45, 7) is 9.32. The standard InChI is InChI=1S/C13H19BrClN3O2/c1-7(2)9(11(19)20-13(3,4)5)17-12-16-6-8(14)10(15)18-12/h6-7,9H,1-5H3,(H,16,17,18). The molecule has 0 aromatic carbocycles. The molecule has 0 aliphatic carbocycles. The summed E-state index contributed by atoms with van der Waals surface area (Å²) >= 11 is 9.13. The lowest BCUT2D eigenvalue weighted by molar-refractivity contribution is -0.156. The van der Waals surface area contributed by atoms with Crippen molar-refractivity contribution in [3.8, 4) is 0 Å². The van der Waals surface area contributed by atoms with Crippen LogP contribution in [0.3, 0.4) is 0 Å². The summed E-state index contributed by atoms with van der Waals surface area (Å²) in [5.74, 6) is -0.0197. The third-order valence-electron chi connectivity index (χ3n) is 2.31. The molecule has 0 amide bonds. The average molecular weight is 365 g/mol. The van der Waals surface area contributed by atoms with Gasteiger partial charge >= 0.3 is 5.97 Å². The third kappa shape index (κ3) is 5.25. The van der Waals surface area contributed by atoms with Gasteiger partial charge in [-0.1, -0.05) is 25.4 Å². The number of nitrogens with zero attached hydrogens (tertiary/aromatic N) is 2. The second-order valence-electron chi connectivity index (χ2n) is 5.73. The highest BCUT2D eigenvalue weighted by Crippen LogP contribution is 2.21. The first-order valence-electron chi connectivity index (χ1n) is 6.27. The molecule has 1 aromatic heterocycles. The maximum atomic E-state index is 12.2. The van der Waals surface area contributed by atoms with Gasteiger partial charge in [0.05, 0.1) is 4.47 Å². The fraction of sp³-hybridized carbons (Fsp3) is 0.615. The highest BCUT2D eigenvalue weighted by molar-refractivity contribution is 9.10. The van der Waals surface area contributed by atoms with Crippen molar-refractivity contribution in [3.05, 3.63) is 15.8 Å². The van der Waals surface area contributed by atoms with Crippen molar-refractivity contribution in [2.75, 3.05) is 5.32 Å². The molecule has 0 saturated carbocycles. The zero-order valence-corrected chi connectivity index (χ0v) is 14.5. The molecule has 1 rings (SSSR count). The topological polar surface area (TPSA) is 64.1 Å². The van der Waals surface area contributed by atoms with Gasteiger partial charge in [0.1, 0.15) is 16.8 Å². The van der Waals surface area contributed by atoms with Gasteiger partial charge in [0, 0.05) is 6.20 Å². The lowest BCUT2D eigenvalue weighted by atomic mass is 10.0. The first-order valence-corrected chi connectivity index (χ1v) is 7.44. The van der Waals surface area contributed by atoms with Crippen molar-refractivity contribution < 1.29 is 9.53 Å². The van der Waals surface area contributed by atoms with E-state index >= 15 is 0 Å². The van der Waals surface area contributed by atoms with Crippen LogP contribution < -0.4 is 5.32 Å². The Hall–Kier alpha value is -0.880. The Balaban J connectivity index is 2.87. The first-order chi connectivity index (χ1) is 9.10. The number of ether oxygens (including phenoxy) is 1. The van der Waals surface area contributed by atoms with Crippen molar-refractivity contribution in [1.29, 1.82) is 0 Å². The van der Waals surface area contributed by atoms with Gasteiger partial charge in [0.15, 0.2) is 0 Å². The van der Waals surface area contributed by atoms with E-state index in [4.69, 9.17) is 16.3 Å². The Kier molecular flexibility index (Phi) is 5.77. The van der Waals surface area contributed by atoms with Crippen LogP contribution in [0.2, 0.25) is 5.15 Å². The fourth-order valence-electron chi connectivity index (χ4n) is 1.42. The number of esters is 1. The summed E-state index contributed by atoms with van der Waals surface area (Å²) < 4.78 is 5.99. The predicted octanol–water partition coefficient (Wildman–Crippen LogP) is 3.67. The summed E-state index contributed by atoms with van der Waals surface area (Å²) in [6.07, 6.45) is 1.53. The van der Waals surface area contributed by atoms with Crippen LogP contribution in [-0.4, -0.2) is 27.6 Å². The number of carbonyl (C=O) groups excluding carboxylic acids is 1. The smallest absolute Gasteiger partial charge is 0.329 e. The number of carbonyl (C=O) groups is 1. The lowest BCUT2D eigenvalue weighted by Crippen LogP contribution is -2.40. The maximum Gasteiger partial charge on any atom is 0.329 e. The quantitative estimate of drug-likeness (QED) is 0.652.